The fraction of sp³-hybridized carbons (Fsp3) is 0.750. The second-order valence-electron chi connectivity index (χ2n) is 2.35. The van der Waals surface area contributed by atoms with E-state index in [1.54, 1.807) is 0 Å². The molecule has 0 radical (unpaired) electrons. The van der Waals surface area contributed by atoms with Gasteiger partial charge in [-0.1, -0.05) is 6.92 Å². The third-order valence-electron chi connectivity index (χ3n) is 1.20. The van der Waals surface area contributed by atoms with Crippen molar-refractivity contribution in [2.24, 2.45) is 15.9 Å². The van der Waals surface area contributed by atoms with Crippen molar-refractivity contribution in [3.8, 4) is 0 Å². The van der Waals surface area contributed by atoms with Gasteiger partial charge in [0.15, 0.2) is 0 Å². The highest BCUT2D eigenvalue weighted by Gasteiger charge is 1.95. The lowest BCUT2D eigenvalue weighted by Crippen LogP contribution is -2.03. The van der Waals surface area contributed by atoms with Crippen LogP contribution < -0.4 is 0 Å². The van der Waals surface area contributed by atoms with Gasteiger partial charge in [-0.3, -0.25) is 9.98 Å². The molecule has 10 heavy (non-hydrogen) atoms. The van der Waals surface area contributed by atoms with E-state index in [1.807, 2.05) is 26.3 Å². The van der Waals surface area contributed by atoms with E-state index in [2.05, 4.69) is 16.9 Å². The maximum atomic E-state index is 4.13. The molecule has 0 bridgehead atoms. The lowest BCUT2D eigenvalue weighted by atomic mass is 10.2. The Morgan fingerprint density at radius 1 is 1.10 bits per heavy atom. The van der Waals surface area contributed by atoms with Gasteiger partial charge in [-0.15, -0.1) is 0 Å². The highest BCUT2D eigenvalue weighted by molar-refractivity contribution is 5.53. The monoisotopic (exact) mass is 140 g/mol. The Labute approximate surface area is 63.1 Å². The van der Waals surface area contributed by atoms with Crippen LogP contribution in [-0.2, 0) is 0 Å². The molecule has 0 unspecified atom stereocenters. The zero-order valence-electron chi connectivity index (χ0n) is 7.04. The van der Waals surface area contributed by atoms with Gasteiger partial charge in [-0.25, -0.2) is 0 Å². The lowest BCUT2D eigenvalue weighted by molar-refractivity contribution is 0.613. The molecule has 0 N–H and O–H groups in total. The van der Waals surface area contributed by atoms with E-state index in [1.165, 1.54) is 0 Å². The van der Waals surface area contributed by atoms with Gasteiger partial charge in [0.05, 0.1) is 0 Å². The molecule has 0 aromatic carbocycles. The Morgan fingerprint density at radius 3 is 1.80 bits per heavy atom. The van der Waals surface area contributed by atoms with Gasteiger partial charge >= 0.3 is 0 Å². The molecule has 0 saturated carbocycles. The molecule has 58 valence electrons. The number of hydrogen-bond donors (Lipinski definition) is 0. The SMILES string of the molecule is CC=NCC(C)CN=CC. The van der Waals surface area contributed by atoms with Crippen molar-refractivity contribution in [3.63, 3.8) is 0 Å². The average Bonchev–Trinajstić information content (AvgIpc) is 1.97. The van der Waals surface area contributed by atoms with E-state index in [-0.39, 0.29) is 0 Å². The second-order valence-corrected chi connectivity index (χ2v) is 2.35. The molecule has 0 aliphatic rings. The molecule has 0 fully saturated rings. The van der Waals surface area contributed by atoms with Crippen LogP contribution in [0.5, 0.6) is 0 Å². The molecule has 2 heteroatoms. The van der Waals surface area contributed by atoms with E-state index in [0.717, 1.165) is 13.1 Å². The summed E-state index contributed by atoms with van der Waals surface area (Å²) in [5.74, 6) is 0.576. The molecular formula is C8H16N2. The quantitative estimate of drug-likeness (QED) is 0.532. The first-order chi connectivity index (χ1) is 4.81. The predicted octanol–water partition coefficient (Wildman–Crippen LogP) is 1.80. The van der Waals surface area contributed by atoms with Crippen molar-refractivity contribution in [2.75, 3.05) is 13.1 Å². The summed E-state index contributed by atoms with van der Waals surface area (Å²) < 4.78 is 0. The van der Waals surface area contributed by atoms with Crippen molar-refractivity contribution in [1.82, 2.24) is 0 Å². The molecule has 0 aromatic heterocycles. The zero-order valence-corrected chi connectivity index (χ0v) is 7.04. The molecule has 0 aromatic rings. The van der Waals surface area contributed by atoms with E-state index >= 15 is 0 Å². The van der Waals surface area contributed by atoms with Gasteiger partial charge in [0.1, 0.15) is 0 Å². The number of rotatable bonds is 4. The minimum absolute atomic E-state index is 0.576. The molecule has 0 rings (SSSR count). The van der Waals surface area contributed by atoms with Crippen LogP contribution in [0.3, 0.4) is 0 Å². The topological polar surface area (TPSA) is 24.7 Å². The van der Waals surface area contributed by atoms with Crippen LogP contribution in [0.15, 0.2) is 9.98 Å². The molecule has 0 atom stereocenters. The van der Waals surface area contributed by atoms with Gasteiger partial charge in [0.25, 0.3) is 0 Å². The molecule has 0 saturated heterocycles. The minimum atomic E-state index is 0.576. The largest absolute Gasteiger partial charge is 0.297 e. The zero-order chi connectivity index (χ0) is 7.82. The van der Waals surface area contributed by atoms with Crippen LogP contribution in [0.4, 0.5) is 0 Å². The van der Waals surface area contributed by atoms with Gasteiger partial charge in [-0.05, 0) is 32.2 Å². The molecule has 0 amide bonds. The first-order valence-electron chi connectivity index (χ1n) is 3.70. The molecule has 0 heterocycles. The third-order valence-corrected chi connectivity index (χ3v) is 1.20. The number of aliphatic imine (C=N–C) groups is 2. The Bertz CT molecular complexity index is 102. The van der Waals surface area contributed by atoms with Crippen molar-refractivity contribution in [2.45, 2.75) is 20.8 Å². The van der Waals surface area contributed by atoms with Gasteiger partial charge in [0.2, 0.25) is 0 Å². The summed E-state index contributed by atoms with van der Waals surface area (Å²) in [7, 11) is 0. The van der Waals surface area contributed by atoms with E-state index < -0.39 is 0 Å². The van der Waals surface area contributed by atoms with Gasteiger partial charge < -0.3 is 0 Å². The standard InChI is InChI=1S/C8H16N2/c1-4-9-6-8(3)7-10-5-2/h4-5,8H,6-7H2,1-3H3. The Balaban J connectivity index is 3.33. The van der Waals surface area contributed by atoms with E-state index in [4.69, 9.17) is 0 Å². The van der Waals surface area contributed by atoms with Crippen LogP contribution >= 0.6 is 0 Å². The summed E-state index contributed by atoms with van der Waals surface area (Å²) in [4.78, 5) is 8.25. The Hall–Kier alpha value is -0.660. The molecule has 0 spiro atoms. The highest BCUT2D eigenvalue weighted by atomic mass is 14.8. The first-order valence-corrected chi connectivity index (χ1v) is 3.70. The minimum Gasteiger partial charge on any atom is -0.297 e. The molecule has 0 aliphatic heterocycles. The highest BCUT2D eigenvalue weighted by Crippen LogP contribution is 1.94. The van der Waals surface area contributed by atoms with Crippen molar-refractivity contribution in [1.29, 1.82) is 0 Å². The summed E-state index contributed by atoms with van der Waals surface area (Å²) in [5.41, 5.74) is 0. The average molecular weight is 140 g/mol. The summed E-state index contributed by atoms with van der Waals surface area (Å²) in [6.07, 6.45) is 3.68. The van der Waals surface area contributed by atoms with E-state index in [9.17, 15) is 0 Å². The number of nitrogens with zero attached hydrogens (tertiary/aromatic N) is 2. The fourth-order valence-corrected chi connectivity index (χ4v) is 0.628. The van der Waals surface area contributed by atoms with Crippen molar-refractivity contribution >= 4 is 12.4 Å². The fourth-order valence-electron chi connectivity index (χ4n) is 0.628. The van der Waals surface area contributed by atoms with Gasteiger partial charge in [0, 0.05) is 13.1 Å². The smallest absolute Gasteiger partial charge is 0.0428 e. The van der Waals surface area contributed by atoms with Crippen LogP contribution in [0, 0.1) is 5.92 Å². The third kappa shape index (κ3) is 5.48. The van der Waals surface area contributed by atoms with Crippen molar-refractivity contribution < 1.29 is 0 Å². The first kappa shape index (κ1) is 9.34. The second kappa shape index (κ2) is 6.46. The van der Waals surface area contributed by atoms with Crippen LogP contribution in [-0.4, -0.2) is 25.5 Å². The normalized spacial score (nSPS) is 15.1. The Morgan fingerprint density at radius 2 is 1.50 bits per heavy atom. The maximum absolute atomic E-state index is 4.13. The molecule has 0 aliphatic carbocycles. The van der Waals surface area contributed by atoms with Gasteiger partial charge in [-0.2, -0.15) is 0 Å². The van der Waals surface area contributed by atoms with E-state index in [0.29, 0.717) is 5.92 Å². The summed E-state index contributed by atoms with van der Waals surface area (Å²) >= 11 is 0. The van der Waals surface area contributed by atoms with Crippen LogP contribution in [0.25, 0.3) is 0 Å². The summed E-state index contributed by atoms with van der Waals surface area (Å²) in [6, 6.07) is 0. The lowest BCUT2D eigenvalue weighted by Gasteiger charge is -2.01. The predicted molar refractivity (Wildman–Crippen MR) is 47.2 cm³/mol. The molecular weight excluding hydrogens is 124 g/mol. The number of hydrogen-bond acceptors (Lipinski definition) is 2. The molecule has 2 nitrogen and oxygen atoms in total. The van der Waals surface area contributed by atoms with Crippen LogP contribution in [0.1, 0.15) is 20.8 Å². The summed E-state index contributed by atoms with van der Waals surface area (Å²) in [6.45, 7) is 7.83. The maximum Gasteiger partial charge on any atom is 0.0428 e. The van der Waals surface area contributed by atoms with Crippen molar-refractivity contribution in [3.05, 3.63) is 0 Å². The van der Waals surface area contributed by atoms with Crippen LogP contribution in [0.2, 0.25) is 0 Å². The Kier molecular flexibility index (Phi) is 6.03. The summed E-state index contributed by atoms with van der Waals surface area (Å²) in [5, 5.41) is 0.